The van der Waals surface area contributed by atoms with E-state index in [2.05, 4.69) is 12.7 Å². The number of carbonyl (C=O) groups excluding carboxylic acids is 1. The van der Waals surface area contributed by atoms with Crippen LogP contribution in [-0.4, -0.2) is 22.9 Å². The van der Waals surface area contributed by atoms with E-state index in [1.807, 2.05) is 23.1 Å². The quantitative estimate of drug-likeness (QED) is 0.584. The number of carbonyl (C=O) groups is 1. The lowest BCUT2D eigenvalue weighted by Gasteiger charge is -2.38. The molecule has 0 saturated heterocycles. The van der Waals surface area contributed by atoms with Gasteiger partial charge in [0.2, 0.25) is 5.91 Å². The second-order valence-corrected chi connectivity index (χ2v) is 3.55. The summed E-state index contributed by atoms with van der Waals surface area (Å²) < 4.78 is 0. The molecule has 0 aromatic carbocycles. The van der Waals surface area contributed by atoms with Gasteiger partial charge in [0.25, 0.3) is 0 Å². The second-order valence-electron chi connectivity index (χ2n) is 3.55. The smallest absolute Gasteiger partial charge is 0.247 e. The van der Waals surface area contributed by atoms with Crippen LogP contribution in [0.15, 0.2) is 37.0 Å². The summed E-state index contributed by atoms with van der Waals surface area (Å²) >= 11 is 0. The van der Waals surface area contributed by atoms with Crippen LogP contribution in [0.3, 0.4) is 0 Å². The van der Waals surface area contributed by atoms with E-state index < -0.39 is 0 Å². The van der Waals surface area contributed by atoms with Gasteiger partial charge in [-0.3, -0.25) is 4.79 Å². The number of rotatable bonds is 2. The molecule has 0 radical (unpaired) electrons. The van der Waals surface area contributed by atoms with Gasteiger partial charge < -0.3 is 4.90 Å². The van der Waals surface area contributed by atoms with Crippen molar-refractivity contribution in [3.05, 3.63) is 37.0 Å². The molecule has 0 spiro atoms. The molecule has 2 nitrogen and oxygen atoms in total. The van der Waals surface area contributed by atoms with Crippen molar-refractivity contribution in [2.24, 2.45) is 0 Å². The van der Waals surface area contributed by atoms with Crippen LogP contribution in [0.1, 0.15) is 12.8 Å². The highest BCUT2D eigenvalue weighted by atomic mass is 16.2. The Bertz CT molecular complexity index is 303. The minimum atomic E-state index is -0.0897. The Balaban J connectivity index is 2.32. The van der Waals surface area contributed by atoms with Gasteiger partial charge in [-0.25, -0.2) is 0 Å². The van der Waals surface area contributed by atoms with Gasteiger partial charge in [-0.15, -0.1) is 6.58 Å². The molecule has 1 unspecified atom stereocenters. The Kier molecular flexibility index (Phi) is 1.83. The summed E-state index contributed by atoms with van der Waals surface area (Å²) in [6, 6.07) is 0. The van der Waals surface area contributed by atoms with Crippen molar-refractivity contribution in [3.8, 4) is 0 Å². The number of hydrogen-bond acceptors (Lipinski definition) is 1. The Hall–Kier alpha value is -1.31. The minimum Gasteiger partial charge on any atom is -0.326 e. The molecule has 0 aromatic heterocycles. The number of fused-ring (bicyclic) bond motifs is 1. The third-order valence-corrected chi connectivity index (χ3v) is 2.76. The molecule has 0 aliphatic carbocycles. The van der Waals surface area contributed by atoms with Crippen LogP contribution in [-0.2, 0) is 4.79 Å². The molecule has 13 heavy (non-hydrogen) atoms. The first kappa shape index (κ1) is 8.30. The number of hydrogen-bond donors (Lipinski definition) is 0. The standard InChI is InChI=1S/C11H13NO/c1-2-6-11-7-3-4-9-12(11)10(13)5-8-11/h2-5,8H,1,6-7,9H2. The molecule has 2 heterocycles. The van der Waals surface area contributed by atoms with Gasteiger partial charge in [0.05, 0.1) is 5.54 Å². The van der Waals surface area contributed by atoms with Crippen LogP contribution in [0.5, 0.6) is 0 Å². The highest BCUT2D eigenvalue weighted by molar-refractivity contribution is 5.92. The van der Waals surface area contributed by atoms with Crippen molar-refractivity contribution in [2.45, 2.75) is 18.4 Å². The number of amides is 1. The van der Waals surface area contributed by atoms with Crippen molar-refractivity contribution in [2.75, 3.05) is 6.54 Å². The van der Waals surface area contributed by atoms with E-state index >= 15 is 0 Å². The van der Waals surface area contributed by atoms with Gasteiger partial charge in [-0.05, 0) is 12.8 Å². The fourth-order valence-corrected chi connectivity index (χ4v) is 2.05. The Labute approximate surface area is 78.2 Å². The number of nitrogens with zero attached hydrogens (tertiary/aromatic N) is 1. The van der Waals surface area contributed by atoms with E-state index in [1.165, 1.54) is 0 Å². The Morgan fingerprint density at radius 3 is 3.23 bits per heavy atom. The molecule has 0 aromatic rings. The van der Waals surface area contributed by atoms with Crippen molar-refractivity contribution < 1.29 is 4.79 Å². The summed E-state index contributed by atoms with van der Waals surface area (Å²) in [5.74, 6) is 0.131. The molecular formula is C11H13NO. The molecule has 0 N–H and O–H groups in total. The maximum Gasteiger partial charge on any atom is 0.247 e. The topological polar surface area (TPSA) is 20.3 Å². The zero-order valence-electron chi connectivity index (χ0n) is 7.57. The third-order valence-electron chi connectivity index (χ3n) is 2.76. The lowest BCUT2D eigenvalue weighted by molar-refractivity contribution is -0.128. The normalized spacial score (nSPS) is 30.8. The van der Waals surface area contributed by atoms with Crippen LogP contribution >= 0.6 is 0 Å². The Morgan fingerprint density at radius 2 is 2.46 bits per heavy atom. The van der Waals surface area contributed by atoms with E-state index in [0.717, 1.165) is 19.4 Å². The predicted molar refractivity (Wildman–Crippen MR) is 52.2 cm³/mol. The van der Waals surface area contributed by atoms with Gasteiger partial charge in [-0.2, -0.15) is 0 Å². The van der Waals surface area contributed by atoms with E-state index in [9.17, 15) is 4.79 Å². The van der Waals surface area contributed by atoms with Gasteiger partial charge in [0, 0.05) is 12.6 Å². The fourth-order valence-electron chi connectivity index (χ4n) is 2.05. The van der Waals surface area contributed by atoms with Crippen LogP contribution in [0.25, 0.3) is 0 Å². The summed E-state index contributed by atoms with van der Waals surface area (Å²) in [4.78, 5) is 13.4. The van der Waals surface area contributed by atoms with Crippen molar-refractivity contribution in [1.82, 2.24) is 4.90 Å². The van der Waals surface area contributed by atoms with Crippen molar-refractivity contribution >= 4 is 5.91 Å². The molecule has 0 bridgehead atoms. The van der Waals surface area contributed by atoms with Crippen LogP contribution in [0.2, 0.25) is 0 Å². The van der Waals surface area contributed by atoms with Crippen molar-refractivity contribution in [3.63, 3.8) is 0 Å². The first-order valence-electron chi connectivity index (χ1n) is 4.55. The molecule has 0 saturated carbocycles. The van der Waals surface area contributed by atoms with Crippen LogP contribution in [0.4, 0.5) is 0 Å². The zero-order chi connectivity index (χ0) is 9.31. The molecule has 1 amide bonds. The van der Waals surface area contributed by atoms with Crippen molar-refractivity contribution in [1.29, 1.82) is 0 Å². The zero-order valence-corrected chi connectivity index (χ0v) is 7.57. The Morgan fingerprint density at radius 1 is 1.62 bits per heavy atom. The maximum atomic E-state index is 11.5. The fraction of sp³-hybridized carbons (Fsp3) is 0.364. The first-order chi connectivity index (χ1) is 6.28. The highest BCUT2D eigenvalue weighted by Gasteiger charge is 2.39. The van der Waals surface area contributed by atoms with Crippen LogP contribution < -0.4 is 0 Å². The van der Waals surface area contributed by atoms with Gasteiger partial charge >= 0.3 is 0 Å². The summed E-state index contributed by atoms with van der Waals surface area (Å²) in [7, 11) is 0. The van der Waals surface area contributed by atoms with E-state index in [0.29, 0.717) is 0 Å². The summed E-state index contributed by atoms with van der Waals surface area (Å²) in [5.41, 5.74) is -0.0897. The molecule has 1 atom stereocenters. The molecule has 0 fully saturated rings. The summed E-state index contributed by atoms with van der Waals surface area (Å²) in [6.45, 7) is 4.47. The van der Waals surface area contributed by atoms with Gasteiger partial charge in [-0.1, -0.05) is 24.3 Å². The molecule has 68 valence electrons. The van der Waals surface area contributed by atoms with Crippen LogP contribution in [0, 0.1) is 0 Å². The minimum absolute atomic E-state index is 0.0897. The molecule has 2 rings (SSSR count). The molecular weight excluding hydrogens is 162 g/mol. The van der Waals surface area contributed by atoms with E-state index in [-0.39, 0.29) is 11.4 Å². The largest absolute Gasteiger partial charge is 0.326 e. The molecule has 2 aliphatic heterocycles. The first-order valence-corrected chi connectivity index (χ1v) is 4.55. The monoisotopic (exact) mass is 175 g/mol. The lowest BCUT2D eigenvalue weighted by Crippen LogP contribution is -2.47. The van der Waals surface area contributed by atoms with Gasteiger partial charge in [0.1, 0.15) is 0 Å². The molecule has 2 heteroatoms. The maximum absolute atomic E-state index is 11.5. The average molecular weight is 175 g/mol. The van der Waals surface area contributed by atoms with Gasteiger partial charge in [0.15, 0.2) is 0 Å². The summed E-state index contributed by atoms with van der Waals surface area (Å²) in [6.07, 6.45) is 11.5. The second kappa shape index (κ2) is 2.87. The highest BCUT2D eigenvalue weighted by Crippen LogP contribution is 2.34. The predicted octanol–water partition coefficient (Wildman–Crippen LogP) is 1.66. The van der Waals surface area contributed by atoms with E-state index in [4.69, 9.17) is 0 Å². The lowest BCUT2D eigenvalue weighted by atomic mass is 9.88. The SMILES string of the molecule is C=CCC12C=CC(=O)N1CC=CC2. The summed E-state index contributed by atoms with van der Waals surface area (Å²) in [5, 5.41) is 0. The molecule has 2 aliphatic rings. The average Bonchev–Trinajstić information content (AvgIpc) is 2.46. The van der Waals surface area contributed by atoms with E-state index in [1.54, 1.807) is 6.08 Å². The third kappa shape index (κ3) is 1.13.